The SMILES string of the molecule is COSc1ccc(S(=O)Oc2ccccc2)cc1. The normalized spacial score (nSPS) is 12.1. The number of para-hydroxylation sites is 1. The average molecular weight is 280 g/mol. The summed E-state index contributed by atoms with van der Waals surface area (Å²) in [5, 5.41) is 0. The third-order valence-corrected chi connectivity index (χ3v) is 3.74. The number of rotatable bonds is 5. The number of benzene rings is 2. The number of hydrogen-bond donors (Lipinski definition) is 0. The molecule has 0 spiro atoms. The monoisotopic (exact) mass is 280 g/mol. The van der Waals surface area contributed by atoms with Crippen molar-refractivity contribution >= 4 is 23.1 Å². The highest BCUT2D eigenvalue weighted by Gasteiger charge is 2.06. The van der Waals surface area contributed by atoms with E-state index in [0.717, 1.165) is 4.90 Å². The number of hydrogen-bond acceptors (Lipinski definition) is 4. The molecule has 0 radical (unpaired) electrons. The van der Waals surface area contributed by atoms with Crippen molar-refractivity contribution in [3.8, 4) is 5.75 Å². The van der Waals surface area contributed by atoms with Crippen molar-refractivity contribution in [3.63, 3.8) is 0 Å². The highest BCUT2D eigenvalue weighted by Crippen LogP contribution is 2.20. The minimum absolute atomic E-state index is 0.589. The van der Waals surface area contributed by atoms with Gasteiger partial charge in [0, 0.05) is 16.9 Å². The van der Waals surface area contributed by atoms with Gasteiger partial charge in [0.05, 0.1) is 12.0 Å². The van der Waals surface area contributed by atoms with E-state index in [-0.39, 0.29) is 0 Å². The van der Waals surface area contributed by atoms with Crippen LogP contribution in [0.1, 0.15) is 0 Å². The molecule has 2 aromatic rings. The van der Waals surface area contributed by atoms with Crippen LogP contribution in [0, 0.1) is 0 Å². The second-order valence-corrected chi connectivity index (χ2v) is 5.43. The first-order valence-electron chi connectivity index (χ1n) is 5.25. The summed E-state index contributed by atoms with van der Waals surface area (Å²) in [6.07, 6.45) is 0. The maximum atomic E-state index is 11.9. The second kappa shape index (κ2) is 6.58. The predicted octanol–water partition coefficient (Wildman–Crippen LogP) is 3.44. The summed E-state index contributed by atoms with van der Waals surface area (Å²) >= 11 is -0.237. The van der Waals surface area contributed by atoms with Gasteiger partial charge in [-0.3, -0.25) is 0 Å². The van der Waals surface area contributed by atoms with Crippen molar-refractivity contribution in [3.05, 3.63) is 54.6 Å². The van der Waals surface area contributed by atoms with Crippen molar-refractivity contribution in [1.29, 1.82) is 0 Å². The van der Waals surface area contributed by atoms with Gasteiger partial charge < -0.3 is 8.37 Å². The Kier molecular flexibility index (Phi) is 4.81. The average Bonchev–Trinajstić information content (AvgIpc) is 2.41. The molecule has 0 bridgehead atoms. The fourth-order valence-electron chi connectivity index (χ4n) is 1.31. The molecule has 0 saturated carbocycles. The van der Waals surface area contributed by atoms with Crippen molar-refractivity contribution in [2.24, 2.45) is 0 Å². The van der Waals surface area contributed by atoms with Crippen molar-refractivity contribution in [2.45, 2.75) is 9.79 Å². The van der Waals surface area contributed by atoms with Gasteiger partial charge in [0.15, 0.2) is 0 Å². The lowest BCUT2D eigenvalue weighted by molar-refractivity contribution is 0.490. The summed E-state index contributed by atoms with van der Waals surface area (Å²) < 4.78 is 22.2. The molecule has 0 aliphatic heterocycles. The standard InChI is InChI=1S/C13H12O3S2/c1-15-17-12-7-9-13(10-8-12)18(14)16-11-5-3-2-4-6-11/h2-10H,1H3. The first kappa shape index (κ1) is 13.1. The molecule has 0 aliphatic rings. The Bertz CT molecular complexity index is 512. The van der Waals surface area contributed by atoms with Crippen LogP contribution in [0.5, 0.6) is 5.75 Å². The van der Waals surface area contributed by atoms with Gasteiger partial charge in [-0.2, -0.15) is 0 Å². The van der Waals surface area contributed by atoms with Crippen molar-refractivity contribution in [2.75, 3.05) is 7.11 Å². The van der Waals surface area contributed by atoms with Gasteiger partial charge in [0.2, 0.25) is 11.1 Å². The molecule has 0 aromatic heterocycles. The van der Waals surface area contributed by atoms with Gasteiger partial charge in [-0.15, -0.1) is 0 Å². The van der Waals surface area contributed by atoms with E-state index in [1.807, 2.05) is 30.3 Å². The van der Waals surface area contributed by atoms with Crippen LogP contribution in [0.2, 0.25) is 0 Å². The summed E-state index contributed by atoms with van der Waals surface area (Å²) in [5.74, 6) is 0.589. The second-order valence-electron chi connectivity index (χ2n) is 3.35. The van der Waals surface area contributed by atoms with Gasteiger partial charge in [0.1, 0.15) is 5.75 Å². The summed E-state index contributed by atoms with van der Waals surface area (Å²) in [6, 6.07) is 16.3. The Morgan fingerprint density at radius 2 is 1.67 bits per heavy atom. The first-order valence-corrected chi connectivity index (χ1v) is 7.07. The van der Waals surface area contributed by atoms with Crippen LogP contribution in [0.25, 0.3) is 0 Å². The lowest BCUT2D eigenvalue weighted by Crippen LogP contribution is -2.00. The largest absolute Gasteiger partial charge is 0.397 e. The summed E-state index contributed by atoms with van der Waals surface area (Å²) in [7, 11) is 1.61. The highest BCUT2D eigenvalue weighted by atomic mass is 32.2. The van der Waals surface area contributed by atoms with Crippen LogP contribution in [0.15, 0.2) is 64.4 Å². The molecule has 0 heterocycles. The van der Waals surface area contributed by atoms with Crippen molar-refractivity contribution < 1.29 is 12.6 Å². The van der Waals surface area contributed by atoms with Crippen LogP contribution >= 0.6 is 12.0 Å². The molecule has 0 aliphatic carbocycles. The topological polar surface area (TPSA) is 35.5 Å². The Hall–Kier alpha value is -1.30. The van der Waals surface area contributed by atoms with Gasteiger partial charge in [-0.05, 0) is 36.4 Å². The van der Waals surface area contributed by atoms with Crippen LogP contribution in [-0.2, 0) is 15.3 Å². The lowest BCUT2D eigenvalue weighted by atomic mass is 10.3. The van der Waals surface area contributed by atoms with Gasteiger partial charge in [-0.1, -0.05) is 18.2 Å². The smallest absolute Gasteiger partial charge is 0.240 e. The molecule has 1 unspecified atom stereocenters. The molecule has 0 N–H and O–H groups in total. The van der Waals surface area contributed by atoms with E-state index in [4.69, 9.17) is 8.37 Å². The zero-order chi connectivity index (χ0) is 12.8. The third-order valence-electron chi connectivity index (χ3n) is 2.11. The predicted molar refractivity (Wildman–Crippen MR) is 72.8 cm³/mol. The van der Waals surface area contributed by atoms with Gasteiger partial charge >= 0.3 is 0 Å². The zero-order valence-corrected chi connectivity index (χ0v) is 11.4. The molecule has 3 nitrogen and oxygen atoms in total. The Morgan fingerprint density at radius 1 is 1.00 bits per heavy atom. The van der Waals surface area contributed by atoms with E-state index in [2.05, 4.69) is 0 Å². The summed E-state index contributed by atoms with van der Waals surface area (Å²) in [4.78, 5) is 1.58. The maximum Gasteiger partial charge on any atom is 0.240 e. The molecule has 94 valence electrons. The molecular formula is C13H12O3S2. The lowest BCUT2D eigenvalue weighted by Gasteiger charge is -2.05. The van der Waals surface area contributed by atoms with Crippen molar-refractivity contribution in [1.82, 2.24) is 0 Å². The Morgan fingerprint density at radius 3 is 2.28 bits per heavy atom. The third kappa shape index (κ3) is 3.60. The van der Waals surface area contributed by atoms with E-state index >= 15 is 0 Å². The summed E-state index contributed by atoms with van der Waals surface area (Å²) in [5.41, 5.74) is 0. The van der Waals surface area contributed by atoms with Crippen LogP contribution in [0.3, 0.4) is 0 Å². The molecular weight excluding hydrogens is 268 g/mol. The van der Waals surface area contributed by atoms with E-state index in [1.54, 1.807) is 31.4 Å². The van der Waals surface area contributed by atoms with E-state index < -0.39 is 11.1 Å². The van der Waals surface area contributed by atoms with Crippen LogP contribution in [0.4, 0.5) is 0 Å². The summed E-state index contributed by atoms with van der Waals surface area (Å²) in [6.45, 7) is 0. The molecule has 0 amide bonds. The minimum atomic E-state index is -1.50. The van der Waals surface area contributed by atoms with E-state index in [0.29, 0.717) is 10.6 Å². The molecule has 2 aromatic carbocycles. The molecule has 1 atom stereocenters. The maximum absolute atomic E-state index is 11.9. The first-order chi connectivity index (χ1) is 8.79. The molecule has 0 fully saturated rings. The van der Waals surface area contributed by atoms with Crippen LogP contribution in [-0.4, -0.2) is 11.3 Å². The fourth-order valence-corrected chi connectivity index (χ4v) is 2.49. The fraction of sp³-hybridized carbons (Fsp3) is 0.0769. The van der Waals surface area contributed by atoms with E-state index in [9.17, 15) is 4.21 Å². The molecule has 18 heavy (non-hydrogen) atoms. The van der Waals surface area contributed by atoms with E-state index in [1.165, 1.54) is 12.0 Å². The Labute approximate surface area is 113 Å². The molecule has 5 heteroatoms. The highest BCUT2D eigenvalue weighted by molar-refractivity contribution is 7.94. The quantitative estimate of drug-likeness (QED) is 0.786. The van der Waals surface area contributed by atoms with Gasteiger partial charge in [0.25, 0.3) is 0 Å². The molecule has 2 rings (SSSR count). The Balaban J connectivity index is 2.05. The van der Waals surface area contributed by atoms with Gasteiger partial charge in [-0.25, -0.2) is 4.21 Å². The molecule has 0 saturated heterocycles. The van der Waals surface area contributed by atoms with Crippen LogP contribution < -0.4 is 4.18 Å². The minimum Gasteiger partial charge on any atom is -0.397 e. The zero-order valence-electron chi connectivity index (χ0n) is 9.74.